The van der Waals surface area contributed by atoms with E-state index in [2.05, 4.69) is 25.7 Å². The number of hydrogen-bond donors (Lipinski definition) is 2. The van der Waals surface area contributed by atoms with Crippen LogP contribution in [0.5, 0.6) is 0 Å². The topological polar surface area (TPSA) is 83.0 Å². The molecular weight excluding hydrogens is 349 g/mol. The molecule has 2 heterocycles. The summed E-state index contributed by atoms with van der Waals surface area (Å²) < 4.78 is 0. The number of aromatic amines is 1. The zero-order chi connectivity index (χ0) is 16.9. The number of pyridine rings is 1. The molecule has 0 radical (unpaired) electrons. The minimum Gasteiger partial charge on any atom is -0.272 e. The van der Waals surface area contributed by atoms with Crippen LogP contribution in [0, 0.1) is 0 Å². The standard InChI is InChI=1S/C16H11Cl2N5O/c17-11-3-4-12(13(18)6-11)14-7-15(22-21-14)16(24)23-20-9-10-2-1-5-19-8-10/h1-9H,(H,21,22)(H,23,24)/b20-9+. The number of benzene rings is 1. The SMILES string of the molecule is O=C(N/N=C/c1cccnc1)c1cc(-c2ccc(Cl)cc2Cl)n[nH]1. The third kappa shape index (κ3) is 3.79. The van der Waals surface area contributed by atoms with Crippen LogP contribution in [0.3, 0.4) is 0 Å². The highest BCUT2D eigenvalue weighted by atomic mass is 35.5. The molecule has 0 aliphatic rings. The van der Waals surface area contributed by atoms with Crippen LogP contribution >= 0.6 is 23.2 Å². The molecule has 3 rings (SSSR count). The number of H-pyrrole nitrogens is 1. The lowest BCUT2D eigenvalue weighted by atomic mass is 10.1. The average Bonchev–Trinajstić information content (AvgIpc) is 3.05. The van der Waals surface area contributed by atoms with E-state index in [-0.39, 0.29) is 5.69 Å². The van der Waals surface area contributed by atoms with Crippen LogP contribution in [0.15, 0.2) is 53.9 Å². The van der Waals surface area contributed by atoms with Crippen LogP contribution in [0.4, 0.5) is 0 Å². The van der Waals surface area contributed by atoms with Crippen molar-refractivity contribution in [2.75, 3.05) is 0 Å². The fourth-order valence-corrected chi connectivity index (χ4v) is 2.46. The molecule has 3 aromatic rings. The van der Waals surface area contributed by atoms with Crippen molar-refractivity contribution in [1.82, 2.24) is 20.6 Å². The Hall–Kier alpha value is -2.70. The third-order valence-corrected chi connectivity index (χ3v) is 3.64. The molecule has 8 heteroatoms. The highest BCUT2D eigenvalue weighted by Crippen LogP contribution is 2.29. The molecule has 0 aliphatic carbocycles. The predicted octanol–water partition coefficient (Wildman–Crippen LogP) is 3.54. The fourth-order valence-electron chi connectivity index (χ4n) is 1.95. The van der Waals surface area contributed by atoms with Gasteiger partial charge in [-0.3, -0.25) is 14.9 Å². The molecular formula is C16H11Cl2N5O. The number of hydrogen-bond acceptors (Lipinski definition) is 4. The molecule has 0 spiro atoms. The summed E-state index contributed by atoms with van der Waals surface area (Å²) in [4.78, 5) is 16.0. The van der Waals surface area contributed by atoms with Gasteiger partial charge in [0.2, 0.25) is 0 Å². The van der Waals surface area contributed by atoms with Gasteiger partial charge in [0.25, 0.3) is 5.91 Å². The Morgan fingerprint density at radius 1 is 1.25 bits per heavy atom. The number of aromatic nitrogens is 3. The van der Waals surface area contributed by atoms with Gasteiger partial charge in [-0.1, -0.05) is 29.3 Å². The van der Waals surface area contributed by atoms with E-state index in [9.17, 15) is 4.79 Å². The van der Waals surface area contributed by atoms with Crippen molar-refractivity contribution < 1.29 is 4.79 Å². The maximum absolute atomic E-state index is 12.1. The van der Waals surface area contributed by atoms with E-state index in [1.54, 1.807) is 42.7 Å². The minimum atomic E-state index is -0.418. The van der Waals surface area contributed by atoms with Crippen LogP contribution < -0.4 is 5.43 Å². The summed E-state index contributed by atoms with van der Waals surface area (Å²) >= 11 is 12.0. The Morgan fingerprint density at radius 3 is 2.88 bits per heavy atom. The number of carbonyl (C=O) groups is 1. The lowest BCUT2D eigenvalue weighted by Gasteiger charge is -2.00. The van der Waals surface area contributed by atoms with E-state index in [1.165, 1.54) is 6.21 Å². The van der Waals surface area contributed by atoms with Crippen LogP contribution in [-0.4, -0.2) is 27.3 Å². The lowest BCUT2D eigenvalue weighted by molar-refractivity contribution is 0.0950. The van der Waals surface area contributed by atoms with E-state index in [0.29, 0.717) is 21.3 Å². The number of nitrogens with zero attached hydrogens (tertiary/aromatic N) is 3. The molecule has 0 bridgehead atoms. The molecule has 0 aliphatic heterocycles. The van der Waals surface area contributed by atoms with E-state index in [1.807, 2.05) is 6.07 Å². The normalized spacial score (nSPS) is 10.9. The molecule has 0 atom stereocenters. The van der Waals surface area contributed by atoms with Gasteiger partial charge in [0.1, 0.15) is 5.69 Å². The number of amides is 1. The summed E-state index contributed by atoms with van der Waals surface area (Å²) in [5.41, 5.74) is 4.67. The van der Waals surface area contributed by atoms with E-state index < -0.39 is 5.91 Å². The van der Waals surface area contributed by atoms with Gasteiger partial charge in [-0.05, 0) is 30.3 Å². The first kappa shape index (κ1) is 16.2. The van der Waals surface area contributed by atoms with Gasteiger partial charge in [0, 0.05) is 28.5 Å². The minimum absolute atomic E-state index is 0.263. The van der Waals surface area contributed by atoms with Gasteiger partial charge >= 0.3 is 0 Å². The van der Waals surface area contributed by atoms with Crippen molar-refractivity contribution in [2.24, 2.45) is 5.10 Å². The van der Waals surface area contributed by atoms with Crippen molar-refractivity contribution in [2.45, 2.75) is 0 Å². The van der Waals surface area contributed by atoms with Crippen LogP contribution in [0.2, 0.25) is 10.0 Å². The van der Waals surface area contributed by atoms with E-state index in [0.717, 1.165) is 5.56 Å². The van der Waals surface area contributed by atoms with E-state index >= 15 is 0 Å². The Bertz CT molecular complexity index is 892. The first-order valence-electron chi connectivity index (χ1n) is 6.88. The second-order valence-corrected chi connectivity index (χ2v) is 5.62. The van der Waals surface area contributed by atoms with Gasteiger partial charge in [-0.2, -0.15) is 10.2 Å². The first-order valence-corrected chi connectivity index (χ1v) is 7.63. The summed E-state index contributed by atoms with van der Waals surface area (Å²) in [7, 11) is 0. The van der Waals surface area contributed by atoms with Crippen molar-refractivity contribution >= 4 is 35.3 Å². The molecule has 0 unspecified atom stereocenters. The van der Waals surface area contributed by atoms with Crippen molar-refractivity contribution in [3.63, 3.8) is 0 Å². The maximum Gasteiger partial charge on any atom is 0.289 e. The molecule has 0 saturated carbocycles. The van der Waals surface area contributed by atoms with Crippen LogP contribution in [0.25, 0.3) is 11.3 Å². The molecule has 1 aromatic carbocycles. The zero-order valence-corrected chi connectivity index (χ0v) is 13.7. The molecule has 0 fully saturated rings. The van der Waals surface area contributed by atoms with Gasteiger partial charge in [-0.15, -0.1) is 0 Å². The highest BCUT2D eigenvalue weighted by Gasteiger charge is 2.12. The van der Waals surface area contributed by atoms with Crippen molar-refractivity contribution in [1.29, 1.82) is 0 Å². The number of hydrazone groups is 1. The Morgan fingerprint density at radius 2 is 2.12 bits per heavy atom. The Kier molecular flexibility index (Phi) is 4.88. The summed E-state index contributed by atoms with van der Waals surface area (Å²) in [5, 5.41) is 11.6. The summed E-state index contributed by atoms with van der Waals surface area (Å²) in [6.45, 7) is 0. The van der Waals surface area contributed by atoms with Crippen LogP contribution in [-0.2, 0) is 0 Å². The molecule has 6 nitrogen and oxygen atoms in total. The molecule has 2 aromatic heterocycles. The Labute approximate surface area is 147 Å². The number of nitrogens with one attached hydrogen (secondary N) is 2. The smallest absolute Gasteiger partial charge is 0.272 e. The number of carbonyl (C=O) groups excluding carboxylic acids is 1. The third-order valence-electron chi connectivity index (χ3n) is 3.09. The zero-order valence-electron chi connectivity index (χ0n) is 12.2. The van der Waals surface area contributed by atoms with Crippen molar-refractivity contribution in [3.8, 4) is 11.3 Å². The number of rotatable bonds is 4. The van der Waals surface area contributed by atoms with Crippen molar-refractivity contribution in [3.05, 3.63) is 70.1 Å². The molecule has 24 heavy (non-hydrogen) atoms. The van der Waals surface area contributed by atoms with Gasteiger partial charge in [-0.25, -0.2) is 5.43 Å². The highest BCUT2D eigenvalue weighted by molar-refractivity contribution is 6.36. The van der Waals surface area contributed by atoms with Gasteiger partial charge in [0.15, 0.2) is 0 Å². The first-order chi connectivity index (χ1) is 11.6. The second-order valence-electron chi connectivity index (χ2n) is 4.78. The fraction of sp³-hybridized carbons (Fsp3) is 0. The van der Waals surface area contributed by atoms with E-state index in [4.69, 9.17) is 23.2 Å². The quantitative estimate of drug-likeness (QED) is 0.551. The molecule has 1 amide bonds. The largest absolute Gasteiger partial charge is 0.289 e. The molecule has 0 saturated heterocycles. The van der Waals surface area contributed by atoms with Gasteiger partial charge < -0.3 is 0 Å². The molecule has 2 N–H and O–H groups in total. The summed E-state index contributed by atoms with van der Waals surface area (Å²) in [6.07, 6.45) is 4.79. The average molecular weight is 360 g/mol. The molecule has 120 valence electrons. The number of halogens is 2. The second kappa shape index (κ2) is 7.25. The maximum atomic E-state index is 12.1. The summed E-state index contributed by atoms with van der Waals surface area (Å²) in [6, 6.07) is 10.2. The lowest BCUT2D eigenvalue weighted by Crippen LogP contribution is -2.18. The monoisotopic (exact) mass is 359 g/mol. The van der Waals surface area contributed by atoms with Gasteiger partial charge in [0.05, 0.1) is 16.9 Å². The van der Waals surface area contributed by atoms with Crippen LogP contribution in [0.1, 0.15) is 16.1 Å². The predicted molar refractivity (Wildman–Crippen MR) is 93.3 cm³/mol. The summed E-state index contributed by atoms with van der Waals surface area (Å²) in [5.74, 6) is -0.418. The Balaban J connectivity index is 1.71.